The molecule has 1 aromatic heterocycles. The highest BCUT2D eigenvalue weighted by Crippen LogP contribution is 2.31. The van der Waals surface area contributed by atoms with Gasteiger partial charge in [0.15, 0.2) is 0 Å². The molecule has 4 aromatic carbocycles. The molecule has 0 aliphatic carbocycles. The number of aromatic nitrogens is 2. The van der Waals surface area contributed by atoms with Crippen LogP contribution in [0, 0.1) is 19.7 Å². The van der Waals surface area contributed by atoms with Gasteiger partial charge in [0.2, 0.25) is 10.0 Å². The van der Waals surface area contributed by atoms with Gasteiger partial charge < -0.3 is 15.1 Å². The highest BCUT2D eigenvalue weighted by atomic mass is 35.5. The number of carbonyl (C=O) groups excluding carboxylic acids is 1. The zero-order valence-electron chi connectivity index (χ0n) is 31.5. The number of nitrogens with one attached hydrogen (secondary N) is 1. The number of halogens is 2. The lowest BCUT2D eigenvalue weighted by Crippen LogP contribution is -2.48. The molecule has 2 heterocycles. The predicted molar refractivity (Wildman–Crippen MR) is 216 cm³/mol. The standard InChI is InChI=1S/C43H48ClFN6O3S/c1-31(20-23-46-43(52)42-32(2)47-30-48-33(42)3)49-24-21-39(22-25-49)51(29-36-26-37(44)14-19-41(36)45)38-15-17-40(18-16-38)55(53,54)50(27-34-10-6-4-7-11-34)28-35-12-8-5-9-13-35/h4-19,26,30-31,39H,20-25,27-29H2,1-3H3,(H,46,52). The quantitative estimate of drug-likeness (QED) is 0.115. The Balaban J connectivity index is 1.16. The van der Waals surface area contributed by atoms with Crippen LogP contribution in [-0.2, 0) is 29.7 Å². The Kier molecular flexibility index (Phi) is 13.3. The Morgan fingerprint density at radius 1 is 0.873 bits per heavy atom. The number of piperidine rings is 1. The molecular weight excluding hydrogens is 735 g/mol. The van der Waals surface area contributed by atoms with Gasteiger partial charge in [-0.25, -0.2) is 22.8 Å². The molecule has 12 heteroatoms. The first-order valence-electron chi connectivity index (χ1n) is 18.7. The van der Waals surface area contributed by atoms with Gasteiger partial charge in [-0.05, 0) is 93.6 Å². The van der Waals surface area contributed by atoms with E-state index in [-0.39, 0.29) is 48.3 Å². The molecule has 55 heavy (non-hydrogen) atoms. The van der Waals surface area contributed by atoms with E-state index in [1.54, 1.807) is 24.3 Å². The summed E-state index contributed by atoms with van der Waals surface area (Å²) in [7, 11) is -3.89. The van der Waals surface area contributed by atoms with Crippen molar-refractivity contribution in [3.05, 3.63) is 154 Å². The van der Waals surface area contributed by atoms with Gasteiger partial charge in [-0.1, -0.05) is 72.3 Å². The number of sulfonamides is 1. The molecule has 1 N–H and O–H groups in total. The third-order valence-corrected chi connectivity index (χ3v) is 12.5. The molecular formula is C43H48ClFN6O3S. The summed E-state index contributed by atoms with van der Waals surface area (Å²) in [5, 5.41) is 3.49. The molecule has 0 radical (unpaired) electrons. The summed E-state index contributed by atoms with van der Waals surface area (Å²) in [6.45, 7) is 8.69. The van der Waals surface area contributed by atoms with E-state index >= 15 is 4.39 Å². The van der Waals surface area contributed by atoms with Crippen molar-refractivity contribution in [3.63, 3.8) is 0 Å². The molecule has 0 saturated carbocycles. The lowest BCUT2D eigenvalue weighted by atomic mass is 9.99. The fourth-order valence-corrected chi connectivity index (χ4v) is 8.87. The first kappa shape index (κ1) is 40.0. The van der Waals surface area contributed by atoms with E-state index in [9.17, 15) is 13.2 Å². The van der Waals surface area contributed by atoms with Crippen molar-refractivity contribution in [1.82, 2.24) is 24.5 Å². The summed E-state index contributed by atoms with van der Waals surface area (Å²) in [5.74, 6) is -0.504. The topological polar surface area (TPSA) is 98.7 Å². The Bertz CT molecular complexity index is 2090. The molecule has 1 aliphatic rings. The number of anilines is 1. The summed E-state index contributed by atoms with van der Waals surface area (Å²) >= 11 is 6.32. The molecule has 6 rings (SSSR count). The number of amides is 1. The minimum atomic E-state index is -3.89. The minimum absolute atomic E-state index is 0.0701. The van der Waals surface area contributed by atoms with Crippen molar-refractivity contribution in [2.24, 2.45) is 0 Å². The zero-order valence-corrected chi connectivity index (χ0v) is 33.1. The Hall–Kier alpha value is -4.68. The van der Waals surface area contributed by atoms with Crippen LogP contribution in [0.2, 0.25) is 5.02 Å². The average Bonchev–Trinajstić information content (AvgIpc) is 3.19. The molecule has 1 aliphatic heterocycles. The molecule has 1 atom stereocenters. The fourth-order valence-electron chi connectivity index (χ4n) is 7.26. The Morgan fingerprint density at radius 3 is 2.04 bits per heavy atom. The third-order valence-electron chi connectivity index (χ3n) is 10.4. The first-order chi connectivity index (χ1) is 26.5. The molecule has 9 nitrogen and oxygen atoms in total. The number of benzene rings is 4. The monoisotopic (exact) mass is 782 g/mol. The maximum Gasteiger partial charge on any atom is 0.254 e. The number of hydrogen-bond acceptors (Lipinski definition) is 7. The third kappa shape index (κ3) is 10.1. The molecule has 288 valence electrons. The number of likely N-dealkylation sites (tertiary alicyclic amines) is 1. The van der Waals surface area contributed by atoms with E-state index in [0.717, 1.165) is 49.2 Å². The molecule has 1 unspecified atom stereocenters. The van der Waals surface area contributed by atoms with Crippen LogP contribution in [0.4, 0.5) is 10.1 Å². The van der Waals surface area contributed by atoms with E-state index in [4.69, 9.17) is 11.6 Å². The van der Waals surface area contributed by atoms with Gasteiger partial charge in [-0.2, -0.15) is 4.31 Å². The molecule has 1 saturated heterocycles. The van der Waals surface area contributed by atoms with Crippen molar-refractivity contribution >= 4 is 33.2 Å². The van der Waals surface area contributed by atoms with Crippen molar-refractivity contribution < 1.29 is 17.6 Å². The first-order valence-corrected chi connectivity index (χ1v) is 20.5. The maximum atomic E-state index is 15.2. The zero-order chi connectivity index (χ0) is 39.0. The van der Waals surface area contributed by atoms with Gasteiger partial charge in [0.25, 0.3) is 5.91 Å². The van der Waals surface area contributed by atoms with Crippen LogP contribution in [0.15, 0.2) is 114 Å². The molecule has 1 fully saturated rings. The van der Waals surface area contributed by atoms with E-state index < -0.39 is 10.0 Å². The summed E-state index contributed by atoms with van der Waals surface area (Å²) in [6, 6.07) is 31.0. The van der Waals surface area contributed by atoms with Crippen LogP contribution in [0.25, 0.3) is 0 Å². The molecule has 0 spiro atoms. The Morgan fingerprint density at radius 2 is 1.45 bits per heavy atom. The van der Waals surface area contributed by atoms with Crippen LogP contribution >= 0.6 is 11.6 Å². The van der Waals surface area contributed by atoms with Crippen molar-refractivity contribution in [2.75, 3.05) is 24.5 Å². The highest BCUT2D eigenvalue weighted by Gasteiger charge is 2.30. The van der Waals surface area contributed by atoms with E-state index in [0.29, 0.717) is 34.1 Å². The number of nitrogens with zero attached hydrogens (tertiary/aromatic N) is 5. The van der Waals surface area contributed by atoms with Gasteiger partial charge in [-0.3, -0.25) is 4.79 Å². The minimum Gasteiger partial charge on any atom is -0.364 e. The molecule has 1 amide bonds. The SMILES string of the molecule is Cc1ncnc(C)c1C(=O)NCCC(C)N1CCC(N(Cc2cc(Cl)ccc2F)c2ccc(S(=O)(=O)N(Cc3ccccc3)Cc3ccccc3)cc2)CC1. The predicted octanol–water partition coefficient (Wildman–Crippen LogP) is 7.96. The fraction of sp³-hybridized carbons (Fsp3) is 0.326. The second-order valence-corrected chi connectivity index (χ2v) is 16.6. The average molecular weight is 783 g/mol. The van der Waals surface area contributed by atoms with Crippen LogP contribution in [0.5, 0.6) is 0 Å². The van der Waals surface area contributed by atoms with E-state index in [1.165, 1.54) is 16.7 Å². The van der Waals surface area contributed by atoms with Crippen LogP contribution in [0.3, 0.4) is 0 Å². The lowest BCUT2D eigenvalue weighted by molar-refractivity contribution is 0.0943. The second-order valence-electron chi connectivity index (χ2n) is 14.2. The van der Waals surface area contributed by atoms with Gasteiger partial charge in [0.05, 0.1) is 21.8 Å². The van der Waals surface area contributed by atoms with Gasteiger partial charge in [0.1, 0.15) is 12.1 Å². The van der Waals surface area contributed by atoms with Crippen LogP contribution < -0.4 is 10.2 Å². The molecule has 5 aromatic rings. The Labute approximate surface area is 329 Å². The number of hydrogen-bond donors (Lipinski definition) is 1. The van der Waals surface area contributed by atoms with Gasteiger partial charge >= 0.3 is 0 Å². The smallest absolute Gasteiger partial charge is 0.254 e. The van der Waals surface area contributed by atoms with Crippen LogP contribution in [0.1, 0.15) is 64.6 Å². The summed E-state index contributed by atoms with van der Waals surface area (Å²) in [6.07, 6.45) is 3.89. The van der Waals surface area contributed by atoms with Crippen molar-refractivity contribution in [2.45, 2.75) is 76.6 Å². The van der Waals surface area contributed by atoms with Crippen LogP contribution in [-0.4, -0.2) is 65.2 Å². The summed E-state index contributed by atoms with van der Waals surface area (Å²) in [4.78, 5) is 26.0. The van der Waals surface area contributed by atoms with Gasteiger partial charge in [-0.15, -0.1) is 0 Å². The summed E-state index contributed by atoms with van der Waals surface area (Å²) < 4.78 is 45.1. The maximum absolute atomic E-state index is 15.2. The normalized spacial score (nSPS) is 14.5. The van der Waals surface area contributed by atoms with Crippen molar-refractivity contribution in [3.8, 4) is 0 Å². The number of rotatable bonds is 15. The van der Waals surface area contributed by atoms with Gasteiger partial charge in [0, 0.05) is 67.6 Å². The molecule has 0 bridgehead atoms. The largest absolute Gasteiger partial charge is 0.364 e. The van der Waals surface area contributed by atoms with E-state index in [2.05, 4.69) is 32.0 Å². The highest BCUT2D eigenvalue weighted by molar-refractivity contribution is 7.89. The van der Waals surface area contributed by atoms with E-state index in [1.807, 2.05) is 86.6 Å². The summed E-state index contributed by atoms with van der Waals surface area (Å²) in [5.41, 5.74) is 4.91. The lowest BCUT2D eigenvalue weighted by Gasteiger charge is -2.42. The number of carbonyl (C=O) groups is 1. The number of aryl methyl sites for hydroxylation is 2. The van der Waals surface area contributed by atoms with Crippen molar-refractivity contribution in [1.29, 1.82) is 0 Å². The second kappa shape index (κ2) is 18.3.